The predicted molar refractivity (Wildman–Crippen MR) is 174 cm³/mol. The molecule has 1 atom stereocenters. The maximum absolute atomic E-state index is 14.2. The smallest absolute Gasteiger partial charge is 0.251 e. The van der Waals surface area contributed by atoms with E-state index in [-0.39, 0.29) is 19.0 Å². The number of benzene rings is 4. The molecule has 0 bridgehead atoms. The molecule has 1 N–H and O–H groups in total. The summed E-state index contributed by atoms with van der Waals surface area (Å²) in [6.45, 7) is -0.127. The Morgan fingerprint density at radius 1 is 0.911 bits per heavy atom. The molecule has 0 saturated heterocycles. The first-order chi connectivity index (χ1) is 21.9. The van der Waals surface area contributed by atoms with E-state index >= 15 is 0 Å². The fourth-order valence-electron chi connectivity index (χ4n) is 5.02. The number of anilines is 2. The summed E-state index contributed by atoms with van der Waals surface area (Å²) in [4.78, 5) is 36.6. The average Bonchev–Trinajstić information content (AvgIpc) is 3.70. The minimum Gasteiger partial charge on any atom is -0.378 e. The lowest BCUT2D eigenvalue weighted by Gasteiger charge is -2.31. The third kappa shape index (κ3) is 6.73. The van der Waals surface area contributed by atoms with E-state index in [4.69, 9.17) is 4.98 Å². The molecule has 1 unspecified atom stereocenters. The fourth-order valence-corrected chi connectivity index (χ4v) is 5.82. The zero-order chi connectivity index (χ0) is 31.3. The van der Waals surface area contributed by atoms with Crippen LogP contribution >= 0.6 is 11.3 Å². The minimum atomic E-state index is -1.11. The van der Waals surface area contributed by atoms with Crippen LogP contribution in [0.25, 0.3) is 22.3 Å². The van der Waals surface area contributed by atoms with Crippen LogP contribution in [0.2, 0.25) is 0 Å². The molecule has 2 aromatic heterocycles. The van der Waals surface area contributed by atoms with Crippen molar-refractivity contribution in [3.8, 4) is 11.3 Å². The third-order valence-corrected chi connectivity index (χ3v) is 8.18. The van der Waals surface area contributed by atoms with Gasteiger partial charge in [-0.1, -0.05) is 59.8 Å². The van der Waals surface area contributed by atoms with Crippen LogP contribution in [-0.2, 0) is 22.7 Å². The molecule has 6 aromatic rings. The summed E-state index contributed by atoms with van der Waals surface area (Å²) in [5, 5.41) is 13.9. The molecule has 2 amide bonds. The van der Waals surface area contributed by atoms with Crippen LogP contribution < -0.4 is 10.2 Å². The molecule has 6 rings (SSSR count). The van der Waals surface area contributed by atoms with Crippen LogP contribution in [0.15, 0.2) is 109 Å². The van der Waals surface area contributed by atoms with Gasteiger partial charge in [-0.15, -0.1) is 16.4 Å². The molecule has 11 heteroatoms. The number of hydrogen-bond acceptors (Lipinski definition) is 7. The number of fused-ring (bicyclic) bond motifs is 1. The Balaban J connectivity index is 1.38. The summed E-state index contributed by atoms with van der Waals surface area (Å²) in [6, 6.07) is 29.0. The van der Waals surface area contributed by atoms with Crippen LogP contribution in [0.3, 0.4) is 0 Å². The molecule has 0 spiro atoms. The van der Waals surface area contributed by atoms with Crippen LogP contribution in [0.5, 0.6) is 0 Å². The number of thiazole rings is 1. The maximum atomic E-state index is 14.2. The van der Waals surface area contributed by atoms with Gasteiger partial charge in [0.05, 0.1) is 17.8 Å². The quantitative estimate of drug-likeness (QED) is 0.197. The minimum absolute atomic E-state index is 0.0397. The van der Waals surface area contributed by atoms with Gasteiger partial charge < -0.3 is 15.1 Å². The summed E-state index contributed by atoms with van der Waals surface area (Å²) in [7, 11) is 3.86. The predicted octanol–water partition coefficient (Wildman–Crippen LogP) is 6.17. The Hall–Kier alpha value is -5.42. The molecular weight excluding hydrogens is 589 g/mol. The highest BCUT2D eigenvalue weighted by molar-refractivity contribution is 7.09. The van der Waals surface area contributed by atoms with Gasteiger partial charge in [-0.25, -0.2) is 14.1 Å². The summed E-state index contributed by atoms with van der Waals surface area (Å²) in [5.74, 6) is -1.28. The van der Waals surface area contributed by atoms with Crippen molar-refractivity contribution in [1.29, 1.82) is 0 Å². The fraction of sp³-hybridized carbons (Fsp3) is 0.147. The van der Waals surface area contributed by atoms with Gasteiger partial charge in [0.25, 0.3) is 5.91 Å². The van der Waals surface area contributed by atoms with Crippen LogP contribution in [0.1, 0.15) is 16.6 Å². The number of para-hydroxylation sites is 1. The second-order valence-electron chi connectivity index (χ2n) is 10.6. The zero-order valence-corrected chi connectivity index (χ0v) is 25.5. The Bertz CT molecular complexity index is 1920. The Kier molecular flexibility index (Phi) is 8.61. The Morgan fingerprint density at radius 3 is 2.36 bits per heavy atom. The molecule has 0 aliphatic heterocycles. The topological polar surface area (TPSA) is 96.2 Å². The molecule has 2 heterocycles. The second kappa shape index (κ2) is 13.1. The largest absolute Gasteiger partial charge is 0.378 e. The average molecular weight is 620 g/mol. The molecule has 0 aliphatic carbocycles. The number of aromatic nitrogens is 4. The highest BCUT2D eigenvalue weighted by Gasteiger charge is 2.33. The van der Waals surface area contributed by atoms with Crippen molar-refractivity contribution in [2.45, 2.75) is 19.1 Å². The van der Waals surface area contributed by atoms with Gasteiger partial charge in [-0.05, 0) is 54.1 Å². The molecule has 4 aromatic carbocycles. The Morgan fingerprint density at radius 2 is 1.62 bits per heavy atom. The molecule has 45 heavy (non-hydrogen) atoms. The number of nitrogens with one attached hydrogen (secondary N) is 1. The molecular formula is C34H30FN7O2S. The molecule has 0 radical (unpaired) electrons. The van der Waals surface area contributed by atoms with Crippen LogP contribution in [0.4, 0.5) is 15.8 Å². The number of carbonyl (C=O) groups excluding carboxylic acids is 2. The molecule has 0 fully saturated rings. The first kappa shape index (κ1) is 29.6. The van der Waals surface area contributed by atoms with E-state index in [0.29, 0.717) is 27.3 Å². The van der Waals surface area contributed by atoms with Crippen molar-refractivity contribution in [2.75, 3.05) is 24.3 Å². The van der Waals surface area contributed by atoms with Crippen molar-refractivity contribution in [1.82, 2.24) is 24.9 Å². The summed E-state index contributed by atoms with van der Waals surface area (Å²) >= 11 is 1.40. The number of amides is 2. The number of hydrogen-bond donors (Lipinski definition) is 1. The van der Waals surface area contributed by atoms with Crippen LogP contribution in [-0.4, -0.2) is 50.8 Å². The van der Waals surface area contributed by atoms with Crippen molar-refractivity contribution < 1.29 is 14.0 Å². The summed E-state index contributed by atoms with van der Waals surface area (Å²) < 4.78 is 15.6. The number of nitrogens with zero attached hydrogens (tertiary/aromatic N) is 6. The van der Waals surface area contributed by atoms with Gasteiger partial charge in [0.1, 0.15) is 28.9 Å². The first-order valence-corrected chi connectivity index (χ1v) is 15.1. The van der Waals surface area contributed by atoms with Gasteiger partial charge in [0.15, 0.2) is 0 Å². The number of halogens is 1. The van der Waals surface area contributed by atoms with Gasteiger partial charge in [0.2, 0.25) is 5.91 Å². The van der Waals surface area contributed by atoms with E-state index in [0.717, 1.165) is 16.9 Å². The second-order valence-corrected chi connectivity index (χ2v) is 11.6. The lowest BCUT2D eigenvalue weighted by molar-refractivity contribution is -0.140. The van der Waals surface area contributed by atoms with Gasteiger partial charge in [-0.3, -0.25) is 9.59 Å². The lowest BCUT2D eigenvalue weighted by Crippen LogP contribution is -2.42. The summed E-state index contributed by atoms with van der Waals surface area (Å²) in [5.41, 5.74) is 5.05. The molecule has 9 nitrogen and oxygen atoms in total. The van der Waals surface area contributed by atoms with Gasteiger partial charge in [0, 0.05) is 36.4 Å². The molecule has 226 valence electrons. The third-order valence-electron chi connectivity index (χ3n) is 7.35. The standard InChI is InChI=1S/C34H30FN7O2S/c1-40(2)27-18-16-26(17-19-27)36-34(44)33(24-12-14-25(35)15-13-24)41(20-31-37-29(22-45-31)23-8-4-3-5-9-23)32(43)21-42-30-11-7-6-10-28(30)38-39-42/h3-19,22,33H,20-21H2,1-2H3,(H,36,44). The van der Waals surface area contributed by atoms with Crippen LogP contribution in [0, 0.1) is 5.82 Å². The Labute approximate surface area is 263 Å². The zero-order valence-electron chi connectivity index (χ0n) is 24.7. The highest BCUT2D eigenvalue weighted by Crippen LogP contribution is 2.29. The monoisotopic (exact) mass is 619 g/mol. The van der Waals surface area contributed by atoms with Gasteiger partial charge >= 0.3 is 0 Å². The van der Waals surface area contributed by atoms with Crippen molar-refractivity contribution >= 4 is 45.6 Å². The van der Waals surface area contributed by atoms with E-state index in [2.05, 4.69) is 15.6 Å². The summed E-state index contributed by atoms with van der Waals surface area (Å²) in [6.07, 6.45) is 0. The number of carbonyl (C=O) groups is 2. The van der Waals surface area contributed by atoms with Crippen molar-refractivity contribution in [3.63, 3.8) is 0 Å². The molecule has 0 saturated carbocycles. The van der Waals surface area contributed by atoms with Crippen molar-refractivity contribution in [3.05, 3.63) is 125 Å². The normalized spacial score (nSPS) is 11.7. The van der Waals surface area contributed by atoms with E-state index in [1.165, 1.54) is 45.2 Å². The molecule has 0 aliphatic rings. The van der Waals surface area contributed by atoms with Gasteiger partial charge in [-0.2, -0.15) is 0 Å². The first-order valence-electron chi connectivity index (χ1n) is 14.3. The number of rotatable bonds is 10. The SMILES string of the molecule is CN(C)c1ccc(NC(=O)C(c2ccc(F)cc2)N(Cc2nc(-c3ccccc3)cs2)C(=O)Cn2nnc3ccccc32)cc1. The maximum Gasteiger partial charge on any atom is 0.251 e. The van der Waals surface area contributed by atoms with E-state index < -0.39 is 17.8 Å². The lowest BCUT2D eigenvalue weighted by atomic mass is 10.0. The van der Waals surface area contributed by atoms with E-state index in [1.807, 2.05) is 91.1 Å². The highest BCUT2D eigenvalue weighted by atomic mass is 32.1. The van der Waals surface area contributed by atoms with E-state index in [9.17, 15) is 14.0 Å². The van der Waals surface area contributed by atoms with E-state index in [1.54, 1.807) is 12.1 Å². The van der Waals surface area contributed by atoms with Crippen molar-refractivity contribution in [2.24, 2.45) is 0 Å².